The van der Waals surface area contributed by atoms with E-state index in [1.165, 1.54) is 4.31 Å². The minimum atomic E-state index is -3.87. The van der Waals surface area contributed by atoms with E-state index < -0.39 is 10.0 Å². The van der Waals surface area contributed by atoms with Gasteiger partial charge in [-0.1, -0.05) is 30.7 Å². The average Bonchev–Trinajstić information content (AvgIpc) is 2.58. The summed E-state index contributed by atoms with van der Waals surface area (Å²) in [7, 11) is -3.87. The van der Waals surface area contributed by atoms with Crippen molar-refractivity contribution in [2.75, 3.05) is 10.8 Å². The van der Waals surface area contributed by atoms with Gasteiger partial charge in [-0.05, 0) is 69.5 Å². The van der Waals surface area contributed by atoms with Gasteiger partial charge in [0.25, 0.3) is 10.0 Å². The van der Waals surface area contributed by atoms with E-state index in [1.54, 1.807) is 36.4 Å². The van der Waals surface area contributed by atoms with Gasteiger partial charge in [-0.15, -0.1) is 0 Å². The van der Waals surface area contributed by atoms with Crippen LogP contribution in [0, 0.1) is 20.8 Å². The highest BCUT2D eigenvalue weighted by Gasteiger charge is 2.27. The van der Waals surface area contributed by atoms with Crippen molar-refractivity contribution in [2.45, 2.75) is 52.0 Å². The van der Waals surface area contributed by atoms with E-state index in [0.29, 0.717) is 5.69 Å². The van der Waals surface area contributed by atoms with Crippen LogP contribution in [0.4, 0.5) is 5.69 Å². The van der Waals surface area contributed by atoms with E-state index >= 15 is 0 Å². The second kappa shape index (κ2) is 8.57. The molecule has 6 heteroatoms. The topological polar surface area (TPSA) is 66.5 Å². The van der Waals surface area contributed by atoms with Gasteiger partial charge in [-0.2, -0.15) is 0 Å². The highest BCUT2D eigenvalue weighted by molar-refractivity contribution is 7.92. The Hall–Kier alpha value is -2.34. The molecule has 0 unspecified atom stereocenters. The van der Waals surface area contributed by atoms with Crippen molar-refractivity contribution in [1.82, 2.24) is 5.32 Å². The van der Waals surface area contributed by atoms with Crippen LogP contribution in [0.2, 0.25) is 0 Å². The number of anilines is 1. The van der Waals surface area contributed by atoms with Crippen LogP contribution in [0.5, 0.6) is 0 Å². The van der Waals surface area contributed by atoms with E-state index in [4.69, 9.17) is 0 Å². The van der Waals surface area contributed by atoms with Crippen molar-refractivity contribution in [3.05, 3.63) is 59.2 Å². The third-order valence-corrected chi connectivity index (χ3v) is 6.20. The van der Waals surface area contributed by atoms with Gasteiger partial charge in [0.1, 0.15) is 6.54 Å². The third-order valence-electron chi connectivity index (χ3n) is 4.41. The monoisotopic (exact) mass is 388 g/mol. The van der Waals surface area contributed by atoms with Gasteiger partial charge in [0.15, 0.2) is 0 Å². The molecular formula is C21H28N2O3S. The van der Waals surface area contributed by atoms with Crippen molar-refractivity contribution in [2.24, 2.45) is 0 Å². The van der Waals surface area contributed by atoms with Crippen molar-refractivity contribution < 1.29 is 13.2 Å². The molecule has 0 aliphatic rings. The molecule has 2 rings (SSSR count). The Balaban J connectivity index is 2.48. The molecule has 0 radical (unpaired) electrons. The molecule has 2 aromatic rings. The second-order valence-electron chi connectivity index (χ2n) is 7.05. The Kier molecular flexibility index (Phi) is 6.65. The van der Waals surface area contributed by atoms with Gasteiger partial charge in [0.05, 0.1) is 10.6 Å². The van der Waals surface area contributed by atoms with Crippen LogP contribution in [0.25, 0.3) is 0 Å². The van der Waals surface area contributed by atoms with Gasteiger partial charge in [0, 0.05) is 6.04 Å². The first-order valence-electron chi connectivity index (χ1n) is 9.10. The van der Waals surface area contributed by atoms with Crippen molar-refractivity contribution in [1.29, 1.82) is 0 Å². The summed E-state index contributed by atoms with van der Waals surface area (Å²) < 4.78 is 27.8. The first kappa shape index (κ1) is 21.0. The van der Waals surface area contributed by atoms with Crippen LogP contribution in [0.1, 0.15) is 37.0 Å². The lowest BCUT2D eigenvalue weighted by Gasteiger charge is -2.25. The summed E-state index contributed by atoms with van der Waals surface area (Å²) >= 11 is 0. The van der Waals surface area contributed by atoms with E-state index in [2.05, 4.69) is 5.32 Å². The standard InChI is InChI=1S/C21H28N2O3S/c1-6-18(5)22-21(24)14-23(19-12-16(3)11-17(4)13-19)27(25,26)20-9-7-15(2)8-10-20/h7-13,18H,6,14H2,1-5H3,(H,22,24)/t18-/m1/s1. The zero-order valence-electron chi connectivity index (χ0n) is 16.6. The molecule has 0 aromatic heterocycles. The molecule has 0 fully saturated rings. The molecule has 0 bridgehead atoms. The fraction of sp³-hybridized carbons (Fsp3) is 0.381. The van der Waals surface area contributed by atoms with Crippen LogP contribution in [0.15, 0.2) is 47.4 Å². The highest BCUT2D eigenvalue weighted by Crippen LogP contribution is 2.26. The fourth-order valence-corrected chi connectivity index (χ4v) is 4.20. The van der Waals surface area contributed by atoms with Crippen LogP contribution in [0.3, 0.4) is 0 Å². The summed E-state index contributed by atoms with van der Waals surface area (Å²) in [5, 5.41) is 2.85. The lowest BCUT2D eigenvalue weighted by atomic mass is 10.1. The molecule has 5 nitrogen and oxygen atoms in total. The van der Waals surface area contributed by atoms with Gasteiger partial charge in [-0.25, -0.2) is 8.42 Å². The Morgan fingerprint density at radius 1 is 1.00 bits per heavy atom. The van der Waals surface area contributed by atoms with Crippen LogP contribution in [-0.2, 0) is 14.8 Å². The molecule has 1 N–H and O–H groups in total. The van der Waals surface area contributed by atoms with Gasteiger partial charge in [-0.3, -0.25) is 9.10 Å². The summed E-state index contributed by atoms with van der Waals surface area (Å²) in [6, 6.07) is 12.2. The number of hydrogen-bond acceptors (Lipinski definition) is 3. The third kappa shape index (κ3) is 5.32. The van der Waals surface area contributed by atoms with Crippen LogP contribution in [-0.4, -0.2) is 26.9 Å². The molecular weight excluding hydrogens is 360 g/mol. The Bertz CT molecular complexity index is 885. The molecule has 2 aromatic carbocycles. The predicted molar refractivity (Wildman–Crippen MR) is 110 cm³/mol. The number of nitrogens with zero attached hydrogens (tertiary/aromatic N) is 1. The number of benzene rings is 2. The van der Waals surface area contributed by atoms with E-state index in [9.17, 15) is 13.2 Å². The number of aryl methyl sites for hydroxylation is 3. The van der Waals surface area contributed by atoms with E-state index in [0.717, 1.165) is 23.1 Å². The summed E-state index contributed by atoms with van der Waals surface area (Å²) in [4.78, 5) is 12.7. The Labute approximate surface area is 162 Å². The SMILES string of the molecule is CC[C@@H](C)NC(=O)CN(c1cc(C)cc(C)c1)S(=O)(=O)c1ccc(C)cc1. The maximum Gasteiger partial charge on any atom is 0.264 e. The summed E-state index contributed by atoms with van der Waals surface area (Å²) in [6.07, 6.45) is 0.778. The molecule has 146 valence electrons. The molecule has 0 saturated heterocycles. The summed E-state index contributed by atoms with van der Waals surface area (Å²) in [6.45, 7) is 9.32. The Morgan fingerprint density at radius 2 is 1.56 bits per heavy atom. The smallest absolute Gasteiger partial charge is 0.264 e. The first-order chi connectivity index (χ1) is 12.6. The molecule has 0 aliphatic carbocycles. The molecule has 0 spiro atoms. The zero-order chi connectivity index (χ0) is 20.2. The number of sulfonamides is 1. The minimum Gasteiger partial charge on any atom is -0.352 e. The molecule has 1 atom stereocenters. The normalized spacial score (nSPS) is 12.5. The predicted octanol–water partition coefficient (Wildman–Crippen LogP) is 3.72. The number of hydrogen-bond donors (Lipinski definition) is 1. The maximum absolute atomic E-state index is 13.3. The molecule has 1 amide bonds. The molecule has 0 saturated carbocycles. The van der Waals surface area contributed by atoms with Crippen molar-refractivity contribution in [3.63, 3.8) is 0 Å². The zero-order valence-corrected chi connectivity index (χ0v) is 17.4. The summed E-state index contributed by atoms with van der Waals surface area (Å²) in [5.41, 5.74) is 3.35. The van der Waals surface area contributed by atoms with E-state index in [-0.39, 0.29) is 23.4 Å². The number of carbonyl (C=O) groups is 1. The Morgan fingerprint density at radius 3 is 2.07 bits per heavy atom. The van der Waals surface area contributed by atoms with Crippen molar-refractivity contribution >= 4 is 21.6 Å². The molecule has 0 heterocycles. The number of carbonyl (C=O) groups excluding carboxylic acids is 1. The first-order valence-corrected chi connectivity index (χ1v) is 10.5. The quantitative estimate of drug-likeness (QED) is 0.786. The van der Waals surface area contributed by atoms with Gasteiger partial charge in [0.2, 0.25) is 5.91 Å². The largest absolute Gasteiger partial charge is 0.352 e. The lowest BCUT2D eigenvalue weighted by molar-refractivity contribution is -0.120. The van der Waals surface area contributed by atoms with Gasteiger partial charge >= 0.3 is 0 Å². The number of amides is 1. The number of nitrogens with one attached hydrogen (secondary N) is 1. The van der Waals surface area contributed by atoms with Crippen LogP contribution < -0.4 is 9.62 Å². The van der Waals surface area contributed by atoms with Crippen LogP contribution >= 0.6 is 0 Å². The highest BCUT2D eigenvalue weighted by atomic mass is 32.2. The summed E-state index contributed by atoms with van der Waals surface area (Å²) in [5.74, 6) is -0.320. The van der Waals surface area contributed by atoms with Gasteiger partial charge < -0.3 is 5.32 Å². The molecule has 27 heavy (non-hydrogen) atoms. The molecule has 0 aliphatic heterocycles. The second-order valence-corrected chi connectivity index (χ2v) is 8.91. The number of rotatable bonds is 7. The van der Waals surface area contributed by atoms with Crippen molar-refractivity contribution in [3.8, 4) is 0 Å². The minimum absolute atomic E-state index is 0.0133. The lowest BCUT2D eigenvalue weighted by Crippen LogP contribution is -2.43. The van der Waals surface area contributed by atoms with E-state index in [1.807, 2.05) is 40.7 Å². The fourth-order valence-electron chi connectivity index (χ4n) is 2.80. The maximum atomic E-state index is 13.3. The average molecular weight is 389 g/mol.